The van der Waals surface area contributed by atoms with Gasteiger partial charge in [0.2, 0.25) is 0 Å². The molecule has 0 bridgehead atoms. The first-order valence-electron chi connectivity index (χ1n) is 5.25. The predicted molar refractivity (Wildman–Crippen MR) is 63.3 cm³/mol. The molecule has 1 atom stereocenters. The van der Waals surface area contributed by atoms with Crippen LogP contribution in [0.25, 0.3) is 0 Å². The van der Waals surface area contributed by atoms with E-state index in [1.807, 2.05) is 0 Å². The average Bonchev–Trinajstić information content (AvgIpc) is 2.14. The van der Waals surface area contributed by atoms with Gasteiger partial charge in [-0.1, -0.05) is 6.08 Å². The van der Waals surface area contributed by atoms with Crippen molar-refractivity contribution >= 4 is 19.7 Å². The van der Waals surface area contributed by atoms with Crippen LogP contribution in [0.15, 0.2) is 11.5 Å². The van der Waals surface area contributed by atoms with E-state index in [2.05, 4.69) is 18.7 Å². The van der Waals surface area contributed by atoms with E-state index in [0.29, 0.717) is 12.0 Å². The second-order valence-corrected chi connectivity index (χ2v) is 6.81. The zero-order valence-corrected chi connectivity index (χ0v) is 10.8. The van der Waals surface area contributed by atoms with Crippen LogP contribution in [0.5, 0.6) is 0 Å². The highest BCUT2D eigenvalue weighted by Crippen LogP contribution is 2.20. The summed E-state index contributed by atoms with van der Waals surface area (Å²) in [7, 11) is 1.64. The van der Waals surface area contributed by atoms with Crippen molar-refractivity contribution in [3.05, 3.63) is 11.5 Å². The lowest BCUT2D eigenvalue weighted by molar-refractivity contribution is 0.158. The summed E-state index contributed by atoms with van der Waals surface area (Å²) < 4.78 is 21.5. The maximum atomic E-state index is 10.8. The molecule has 1 fully saturated rings. The third-order valence-electron chi connectivity index (χ3n) is 2.73. The summed E-state index contributed by atoms with van der Waals surface area (Å²) >= 11 is 0. The Bertz CT molecular complexity index is 324. The summed E-state index contributed by atoms with van der Waals surface area (Å²) in [5.74, 6) is 0.315. The number of nitrogens with zero attached hydrogens (tertiary/aromatic N) is 1. The Morgan fingerprint density at radius 1 is 1.47 bits per heavy atom. The van der Waals surface area contributed by atoms with Crippen LogP contribution in [0.1, 0.15) is 26.7 Å². The highest BCUT2D eigenvalue weighted by Gasteiger charge is 2.19. The number of rotatable bonds is 3. The Morgan fingerprint density at radius 2 is 2.13 bits per heavy atom. The van der Waals surface area contributed by atoms with E-state index in [9.17, 15) is 8.42 Å². The largest absolute Gasteiger partial charge is 0.300 e. The van der Waals surface area contributed by atoms with Crippen molar-refractivity contribution < 1.29 is 8.42 Å². The monoisotopic (exact) mass is 251 g/mol. The van der Waals surface area contributed by atoms with Crippen LogP contribution >= 0.6 is 10.7 Å². The summed E-state index contributed by atoms with van der Waals surface area (Å²) in [6.45, 7) is 6.35. The van der Waals surface area contributed by atoms with Crippen LogP contribution in [0.4, 0.5) is 0 Å². The minimum Gasteiger partial charge on any atom is -0.300 e. The molecule has 0 aromatic carbocycles. The molecule has 3 nitrogen and oxygen atoms in total. The van der Waals surface area contributed by atoms with Crippen molar-refractivity contribution in [2.75, 3.05) is 13.1 Å². The molecule has 15 heavy (non-hydrogen) atoms. The highest BCUT2D eigenvalue weighted by molar-refractivity contribution is 8.16. The van der Waals surface area contributed by atoms with Gasteiger partial charge in [-0.15, -0.1) is 0 Å². The molecule has 1 aliphatic heterocycles. The smallest absolute Gasteiger partial charge is 0.254 e. The number of likely N-dealkylation sites (tertiary alicyclic amines) is 1. The van der Waals surface area contributed by atoms with Gasteiger partial charge in [-0.25, -0.2) is 8.42 Å². The summed E-state index contributed by atoms with van der Waals surface area (Å²) in [6, 6.07) is 0.522. The van der Waals surface area contributed by atoms with E-state index in [1.165, 1.54) is 0 Å². The second kappa shape index (κ2) is 5.32. The fourth-order valence-corrected chi connectivity index (χ4v) is 2.46. The van der Waals surface area contributed by atoms with Gasteiger partial charge in [-0.2, -0.15) is 0 Å². The quantitative estimate of drug-likeness (QED) is 0.722. The zero-order valence-electron chi connectivity index (χ0n) is 9.19. The summed E-state index contributed by atoms with van der Waals surface area (Å²) in [5.41, 5.74) is 0. The first-order chi connectivity index (χ1) is 6.88. The van der Waals surface area contributed by atoms with Gasteiger partial charge in [0, 0.05) is 28.7 Å². The number of halogens is 1. The molecule has 0 aromatic heterocycles. The normalized spacial score (nSPS) is 25.2. The lowest BCUT2D eigenvalue weighted by Crippen LogP contribution is -2.39. The molecule has 1 aliphatic rings. The third-order valence-corrected chi connectivity index (χ3v) is 3.52. The maximum absolute atomic E-state index is 10.8. The van der Waals surface area contributed by atoms with Crippen LogP contribution in [0.3, 0.4) is 0 Å². The maximum Gasteiger partial charge on any atom is 0.254 e. The van der Waals surface area contributed by atoms with Gasteiger partial charge >= 0.3 is 0 Å². The van der Waals surface area contributed by atoms with E-state index < -0.39 is 9.05 Å². The highest BCUT2D eigenvalue weighted by atomic mass is 35.7. The molecule has 0 spiro atoms. The van der Waals surface area contributed by atoms with Crippen LogP contribution in [-0.2, 0) is 9.05 Å². The molecule has 88 valence electrons. The standard InChI is InChI=1S/C10H18ClNO2S/c1-9(2)12-6-3-4-10(8-12)5-7-15(11,13)14/h5,7,9-10H,3-4,6,8H2,1-2H3/b7-5-. The van der Waals surface area contributed by atoms with Crippen molar-refractivity contribution in [2.45, 2.75) is 32.7 Å². The zero-order chi connectivity index (χ0) is 11.5. The van der Waals surface area contributed by atoms with E-state index in [4.69, 9.17) is 10.7 Å². The van der Waals surface area contributed by atoms with Crippen molar-refractivity contribution in [1.29, 1.82) is 0 Å². The minimum absolute atomic E-state index is 0.315. The van der Waals surface area contributed by atoms with Gasteiger partial charge in [0.1, 0.15) is 0 Å². The molecule has 0 amide bonds. The molecule has 0 aliphatic carbocycles. The van der Waals surface area contributed by atoms with Gasteiger partial charge in [-0.05, 0) is 39.2 Å². The molecule has 0 aromatic rings. The SMILES string of the molecule is CC(C)N1CCCC(/C=C\S(=O)(=O)Cl)C1. The molecule has 1 rings (SSSR count). The van der Waals surface area contributed by atoms with Gasteiger partial charge in [0.15, 0.2) is 0 Å². The van der Waals surface area contributed by atoms with Crippen LogP contribution in [-0.4, -0.2) is 32.4 Å². The Labute approximate surface area is 96.5 Å². The van der Waals surface area contributed by atoms with E-state index >= 15 is 0 Å². The predicted octanol–water partition coefficient (Wildman–Crippen LogP) is 2.19. The molecular formula is C10H18ClNO2S. The van der Waals surface area contributed by atoms with E-state index in [0.717, 1.165) is 31.3 Å². The van der Waals surface area contributed by atoms with Crippen LogP contribution in [0, 0.1) is 5.92 Å². The van der Waals surface area contributed by atoms with Crippen molar-refractivity contribution in [3.8, 4) is 0 Å². The van der Waals surface area contributed by atoms with E-state index in [1.54, 1.807) is 6.08 Å². The fourth-order valence-electron chi connectivity index (χ4n) is 1.87. The number of piperidine rings is 1. The summed E-state index contributed by atoms with van der Waals surface area (Å²) in [6.07, 6.45) is 3.89. The van der Waals surface area contributed by atoms with Gasteiger partial charge < -0.3 is 4.90 Å². The minimum atomic E-state index is -3.49. The molecule has 0 radical (unpaired) electrons. The summed E-state index contributed by atoms with van der Waals surface area (Å²) in [5, 5.41) is 1.11. The van der Waals surface area contributed by atoms with Gasteiger partial charge in [0.25, 0.3) is 9.05 Å². The fraction of sp³-hybridized carbons (Fsp3) is 0.800. The van der Waals surface area contributed by atoms with Gasteiger partial charge in [0.05, 0.1) is 0 Å². The first-order valence-corrected chi connectivity index (χ1v) is 7.62. The van der Waals surface area contributed by atoms with Crippen molar-refractivity contribution in [2.24, 2.45) is 5.92 Å². The topological polar surface area (TPSA) is 37.4 Å². The van der Waals surface area contributed by atoms with Crippen LogP contribution in [0.2, 0.25) is 0 Å². The Balaban J connectivity index is 2.54. The lowest BCUT2D eigenvalue weighted by Gasteiger charge is -2.34. The Morgan fingerprint density at radius 3 is 2.67 bits per heavy atom. The molecule has 0 N–H and O–H groups in total. The average molecular weight is 252 g/mol. The van der Waals surface area contributed by atoms with Crippen LogP contribution < -0.4 is 0 Å². The summed E-state index contributed by atoms with van der Waals surface area (Å²) in [4.78, 5) is 2.36. The van der Waals surface area contributed by atoms with Gasteiger partial charge in [-0.3, -0.25) is 0 Å². The third kappa shape index (κ3) is 5.00. The number of hydrogen-bond donors (Lipinski definition) is 0. The molecule has 1 saturated heterocycles. The second-order valence-electron chi connectivity index (χ2n) is 4.30. The molecule has 5 heteroatoms. The Hall–Kier alpha value is -0.0600. The molecule has 0 saturated carbocycles. The van der Waals surface area contributed by atoms with Crippen molar-refractivity contribution in [3.63, 3.8) is 0 Å². The first kappa shape index (κ1) is 13.0. The lowest BCUT2D eigenvalue weighted by atomic mass is 9.97. The molecule has 1 unspecified atom stereocenters. The Kier molecular flexibility index (Phi) is 4.62. The van der Waals surface area contributed by atoms with E-state index in [-0.39, 0.29) is 0 Å². The molecule has 1 heterocycles. The van der Waals surface area contributed by atoms with Crippen molar-refractivity contribution in [1.82, 2.24) is 4.90 Å². The number of hydrogen-bond acceptors (Lipinski definition) is 3. The molecular weight excluding hydrogens is 234 g/mol.